The topological polar surface area (TPSA) is 46.5 Å². The molecule has 0 saturated carbocycles. The molecule has 1 N–H and O–H groups in total. The van der Waals surface area contributed by atoms with Gasteiger partial charge in [-0.05, 0) is 32.1 Å². The number of rotatable bonds is 9. The normalized spacial score (nSPS) is 12.9. The molecule has 0 aliphatic carbocycles. The highest BCUT2D eigenvalue weighted by Gasteiger charge is 2.05. The Hall–Kier alpha value is -0.830. The molecule has 0 spiro atoms. The Labute approximate surface area is 98.5 Å². The second-order valence-corrected chi connectivity index (χ2v) is 3.91. The molecular formula is C13H24O3. The first-order valence-electron chi connectivity index (χ1n) is 6.18. The molecule has 1 unspecified atom stereocenters. The Morgan fingerprint density at radius 2 is 2.12 bits per heavy atom. The number of carbonyl (C=O) groups excluding carboxylic acids is 1. The van der Waals surface area contributed by atoms with Gasteiger partial charge in [-0.2, -0.15) is 0 Å². The van der Waals surface area contributed by atoms with Gasteiger partial charge in [0.25, 0.3) is 0 Å². The lowest BCUT2D eigenvalue weighted by Gasteiger charge is -2.12. The van der Waals surface area contributed by atoms with Gasteiger partial charge in [0.2, 0.25) is 0 Å². The molecule has 0 radical (unpaired) electrons. The van der Waals surface area contributed by atoms with Crippen molar-refractivity contribution in [1.82, 2.24) is 0 Å². The van der Waals surface area contributed by atoms with Gasteiger partial charge in [-0.1, -0.05) is 25.8 Å². The van der Waals surface area contributed by atoms with Crippen molar-refractivity contribution in [3.8, 4) is 0 Å². The Balaban J connectivity index is 3.85. The smallest absolute Gasteiger partial charge is 0.330 e. The molecule has 94 valence electrons. The maximum absolute atomic E-state index is 11.0. The number of aliphatic hydroxyl groups is 1. The maximum atomic E-state index is 11.0. The van der Waals surface area contributed by atoms with E-state index in [0.717, 1.165) is 32.1 Å². The molecule has 3 nitrogen and oxygen atoms in total. The van der Waals surface area contributed by atoms with Gasteiger partial charge in [0.05, 0.1) is 6.61 Å². The number of hydrogen-bond acceptors (Lipinski definition) is 3. The lowest BCUT2D eigenvalue weighted by molar-refractivity contribution is -0.137. The SMILES string of the molecule is CCCC(C/C=C/C(=O)OCC)CCCO. The number of carbonyl (C=O) groups is 1. The fraction of sp³-hybridized carbons (Fsp3) is 0.769. The Morgan fingerprint density at radius 3 is 2.69 bits per heavy atom. The standard InChI is InChI=1S/C13H24O3/c1-3-7-12(9-6-11-14)8-5-10-13(15)16-4-2/h5,10,12,14H,3-4,6-9,11H2,1-2H3/b10-5+. The Morgan fingerprint density at radius 1 is 1.38 bits per heavy atom. The number of allylic oxidation sites excluding steroid dienone is 1. The Bertz CT molecular complexity index is 199. The van der Waals surface area contributed by atoms with Gasteiger partial charge in [-0.25, -0.2) is 4.79 Å². The predicted octanol–water partition coefficient (Wildman–Crippen LogP) is 2.68. The van der Waals surface area contributed by atoms with Crippen LogP contribution in [0.2, 0.25) is 0 Å². The number of aliphatic hydroxyl groups excluding tert-OH is 1. The van der Waals surface area contributed by atoms with E-state index in [0.29, 0.717) is 12.5 Å². The molecule has 0 fully saturated rings. The van der Waals surface area contributed by atoms with Crippen LogP contribution in [0.25, 0.3) is 0 Å². The summed E-state index contributed by atoms with van der Waals surface area (Å²) in [6.45, 7) is 4.63. The highest BCUT2D eigenvalue weighted by Crippen LogP contribution is 2.17. The largest absolute Gasteiger partial charge is 0.463 e. The van der Waals surface area contributed by atoms with Crippen LogP contribution in [0.1, 0.15) is 46.0 Å². The van der Waals surface area contributed by atoms with Crippen LogP contribution in [0.4, 0.5) is 0 Å². The molecule has 0 heterocycles. The summed E-state index contributed by atoms with van der Waals surface area (Å²) in [6.07, 6.45) is 8.44. The van der Waals surface area contributed by atoms with Crippen molar-refractivity contribution in [3.05, 3.63) is 12.2 Å². The van der Waals surface area contributed by atoms with Crippen molar-refractivity contribution < 1.29 is 14.6 Å². The van der Waals surface area contributed by atoms with Crippen molar-refractivity contribution in [3.63, 3.8) is 0 Å². The third-order valence-electron chi connectivity index (χ3n) is 2.48. The fourth-order valence-electron chi connectivity index (χ4n) is 1.72. The van der Waals surface area contributed by atoms with Crippen LogP contribution in [0.3, 0.4) is 0 Å². The van der Waals surface area contributed by atoms with E-state index in [1.54, 1.807) is 6.92 Å². The van der Waals surface area contributed by atoms with Crippen molar-refractivity contribution in [2.24, 2.45) is 5.92 Å². The predicted molar refractivity (Wildman–Crippen MR) is 65.1 cm³/mol. The van der Waals surface area contributed by atoms with Gasteiger partial charge in [-0.15, -0.1) is 0 Å². The van der Waals surface area contributed by atoms with Gasteiger partial charge in [0, 0.05) is 12.7 Å². The van der Waals surface area contributed by atoms with Crippen molar-refractivity contribution in [2.75, 3.05) is 13.2 Å². The van der Waals surface area contributed by atoms with E-state index < -0.39 is 0 Å². The number of hydrogen-bond donors (Lipinski definition) is 1. The second-order valence-electron chi connectivity index (χ2n) is 3.91. The van der Waals surface area contributed by atoms with Crippen LogP contribution in [-0.4, -0.2) is 24.3 Å². The summed E-state index contributed by atoms with van der Waals surface area (Å²) in [7, 11) is 0. The molecule has 1 atom stereocenters. The quantitative estimate of drug-likeness (QED) is 0.487. The van der Waals surface area contributed by atoms with Crippen molar-refractivity contribution >= 4 is 5.97 Å². The highest BCUT2D eigenvalue weighted by molar-refractivity contribution is 5.81. The summed E-state index contributed by atoms with van der Waals surface area (Å²) in [4.78, 5) is 11.0. The Kier molecular flexibility index (Phi) is 10.1. The van der Waals surface area contributed by atoms with Gasteiger partial charge in [0.1, 0.15) is 0 Å². The fourth-order valence-corrected chi connectivity index (χ4v) is 1.72. The minimum absolute atomic E-state index is 0.252. The molecule has 0 aromatic rings. The van der Waals surface area contributed by atoms with E-state index in [4.69, 9.17) is 9.84 Å². The maximum Gasteiger partial charge on any atom is 0.330 e. The summed E-state index contributed by atoms with van der Waals surface area (Å²) in [5.41, 5.74) is 0. The number of ether oxygens (including phenoxy) is 1. The lowest BCUT2D eigenvalue weighted by Crippen LogP contribution is -2.02. The minimum atomic E-state index is -0.264. The average Bonchev–Trinajstić information content (AvgIpc) is 2.26. The van der Waals surface area contributed by atoms with Crippen LogP contribution in [0, 0.1) is 5.92 Å². The average molecular weight is 228 g/mol. The molecule has 0 aliphatic heterocycles. The zero-order valence-corrected chi connectivity index (χ0v) is 10.4. The lowest BCUT2D eigenvalue weighted by atomic mass is 9.94. The first-order chi connectivity index (χ1) is 7.74. The van der Waals surface area contributed by atoms with Crippen LogP contribution in [0.5, 0.6) is 0 Å². The summed E-state index contributed by atoms with van der Waals surface area (Å²) >= 11 is 0. The van der Waals surface area contributed by atoms with E-state index in [1.807, 2.05) is 6.08 Å². The van der Waals surface area contributed by atoms with Gasteiger partial charge in [0.15, 0.2) is 0 Å². The molecule has 0 bridgehead atoms. The third kappa shape index (κ3) is 8.48. The summed E-state index contributed by atoms with van der Waals surface area (Å²) in [6, 6.07) is 0. The third-order valence-corrected chi connectivity index (χ3v) is 2.48. The van der Waals surface area contributed by atoms with Crippen LogP contribution >= 0.6 is 0 Å². The molecule has 0 aromatic heterocycles. The van der Waals surface area contributed by atoms with Crippen LogP contribution in [0.15, 0.2) is 12.2 Å². The molecule has 16 heavy (non-hydrogen) atoms. The van der Waals surface area contributed by atoms with Crippen molar-refractivity contribution in [1.29, 1.82) is 0 Å². The van der Waals surface area contributed by atoms with Crippen LogP contribution in [-0.2, 0) is 9.53 Å². The first-order valence-corrected chi connectivity index (χ1v) is 6.18. The summed E-state index contributed by atoms with van der Waals surface area (Å²) in [5, 5.41) is 8.77. The molecular weight excluding hydrogens is 204 g/mol. The number of esters is 1. The van der Waals surface area contributed by atoms with Gasteiger partial charge in [-0.3, -0.25) is 0 Å². The molecule has 0 aromatic carbocycles. The highest BCUT2D eigenvalue weighted by atomic mass is 16.5. The molecule has 0 rings (SSSR count). The van der Waals surface area contributed by atoms with E-state index >= 15 is 0 Å². The molecule has 0 saturated heterocycles. The second kappa shape index (κ2) is 10.7. The zero-order chi connectivity index (χ0) is 12.2. The van der Waals surface area contributed by atoms with E-state index in [-0.39, 0.29) is 12.6 Å². The van der Waals surface area contributed by atoms with E-state index in [9.17, 15) is 4.79 Å². The van der Waals surface area contributed by atoms with Crippen LogP contribution < -0.4 is 0 Å². The van der Waals surface area contributed by atoms with E-state index in [1.165, 1.54) is 6.08 Å². The minimum Gasteiger partial charge on any atom is -0.463 e. The molecule has 3 heteroatoms. The van der Waals surface area contributed by atoms with Gasteiger partial charge >= 0.3 is 5.97 Å². The molecule has 0 amide bonds. The zero-order valence-electron chi connectivity index (χ0n) is 10.4. The van der Waals surface area contributed by atoms with Gasteiger partial charge < -0.3 is 9.84 Å². The van der Waals surface area contributed by atoms with Crippen molar-refractivity contribution in [2.45, 2.75) is 46.0 Å². The summed E-state index contributed by atoms with van der Waals surface area (Å²) < 4.78 is 4.80. The first kappa shape index (κ1) is 15.2. The van der Waals surface area contributed by atoms with E-state index in [2.05, 4.69) is 6.92 Å². The summed E-state index contributed by atoms with van der Waals surface area (Å²) in [5.74, 6) is 0.308. The molecule has 0 aliphatic rings. The monoisotopic (exact) mass is 228 g/mol.